The first-order valence-electron chi connectivity index (χ1n) is 6.70. The molecule has 0 atom stereocenters. The summed E-state index contributed by atoms with van der Waals surface area (Å²) in [7, 11) is 0.0586. The quantitative estimate of drug-likeness (QED) is 0.786. The van der Waals surface area contributed by atoms with Gasteiger partial charge in [0.15, 0.2) is 0 Å². The molecular weight excluding hydrogens is 276 g/mol. The molecule has 1 aromatic carbocycles. The number of anilines is 2. The van der Waals surface area contributed by atoms with Crippen molar-refractivity contribution in [2.24, 2.45) is 0 Å². The molecule has 7 heteroatoms. The molecule has 0 amide bonds. The van der Waals surface area contributed by atoms with E-state index in [0.29, 0.717) is 5.69 Å². The number of nitrogens with one attached hydrogen (secondary N) is 1. The Labute approximate surface area is 120 Å². The van der Waals surface area contributed by atoms with Crippen LogP contribution in [0.2, 0.25) is 0 Å². The molecule has 0 aromatic heterocycles. The molecule has 20 heavy (non-hydrogen) atoms. The molecule has 0 aliphatic carbocycles. The van der Waals surface area contributed by atoms with Crippen LogP contribution in [0.1, 0.15) is 6.42 Å². The first-order valence-corrected chi connectivity index (χ1v) is 8.19. The van der Waals surface area contributed by atoms with E-state index < -0.39 is 10.0 Å². The molecule has 3 N–H and O–H groups in total. The Morgan fingerprint density at radius 2 is 1.95 bits per heavy atom. The molecule has 2 rings (SSSR count). The Morgan fingerprint density at radius 3 is 2.60 bits per heavy atom. The van der Waals surface area contributed by atoms with Gasteiger partial charge in [-0.05, 0) is 45.3 Å². The van der Waals surface area contributed by atoms with E-state index in [9.17, 15) is 8.42 Å². The molecule has 1 saturated heterocycles. The molecule has 112 valence electrons. The highest BCUT2D eigenvalue weighted by Crippen LogP contribution is 2.27. The Kier molecular flexibility index (Phi) is 4.52. The first kappa shape index (κ1) is 15.1. The molecule has 0 saturated carbocycles. The van der Waals surface area contributed by atoms with Gasteiger partial charge in [0.05, 0.1) is 16.3 Å². The van der Waals surface area contributed by atoms with E-state index in [1.54, 1.807) is 12.1 Å². The zero-order chi connectivity index (χ0) is 14.8. The van der Waals surface area contributed by atoms with Crippen LogP contribution in [0.3, 0.4) is 0 Å². The molecule has 0 unspecified atom stereocenters. The smallest absolute Gasteiger partial charge is 0.240 e. The van der Waals surface area contributed by atoms with E-state index in [1.807, 2.05) is 0 Å². The van der Waals surface area contributed by atoms with Crippen LogP contribution in [0.25, 0.3) is 0 Å². The summed E-state index contributed by atoms with van der Waals surface area (Å²) in [6.45, 7) is 3.89. The van der Waals surface area contributed by atoms with Crippen molar-refractivity contribution in [3.8, 4) is 0 Å². The Bertz CT molecular complexity index is 574. The van der Waals surface area contributed by atoms with Crippen molar-refractivity contribution in [3.63, 3.8) is 0 Å². The van der Waals surface area contributed by atoms with Crippen molar-refractivity contribution < 1.29 is 8.42 Å². The molecule has 0 bridgehead atoms. The highest BCUT2D eigenvalue weighted by atomic mass is 32.2. The number of nitrogen functional groups attached to an aromatic ring is 1. The monoisotopic (exact) mass is 298 g/mol. The summed E-state index contributed by atoms with van der Waals surface area (Å²) in [6, 6.07) is 4.92. The molecule has 0 radical (unpaired) electrons. The van der Waals surface area contributed by atoms with Gasteiger partial charge >= 0.3 is 0 Å². The number of sulfonamides is 1. The summed E-state index contributed by atoms with van der Waals surface area (Å²) in [5, 5.41) is 0. The summed E-state index contributed by atoms with van der Waals surface area (Å²) < 4.78 is 25.8. The zero-order valence-electron chi connectivity index (χ0n) is 12.0. The third-order valence-electron chi connectivity index (χ3n) is 3.64. The molecule has 1 aliphatic heterocycles. The number of hydrogen-bond acceptors (Lipinski definition) is 5. The lowest BCUT2D eigenvalue weighted by molar-refractivity contribution is 0.360. The molecule has 1 heterocycles. The predicted octanol–water partition coefficient (Wildman–Crippen LogP) is 0.319. The van der Waals surface area contributed by atoms with Gasteiger partial charge in [-0.2, -0.15) is 0 Å². The van der Waals surface area contributed by atoms with Gasteiger partial charge in [0, 0.05) is 19.6 Å². The Morgan fingerprint density at radius 1 is 1.20 bits per heavy atom. The van der Waals surface area contributed by atoms with E-state index >= 15 is 0 Å². The maximum atomic E-state index is 11.8. The second kappa shape index (κ2) is 5.99. The second-order valence-electron chi connectivity index (χ2n) is 5.07. The molecule has 0 spiro atoms. The Hall–Kier alpha value is -1.31. The van der Waals surface area contributed by atoms with Crippen molar-refractivity contribution in [3.05, 3.63) is 18.2 Å². The maximum absolute atomic E-state index is 11.8. The third-order valence-corrected chi connectivity index (χ3v) is 5.05. The largest absolute Gasteiger partial charge is 0.397 e. The average molecular weight is 298 g/mol. The normalized spacial score (nSPS) is 18.0. The molecule has 1 aliphatic rings. The Balaban J connectivity index is 2.26. The number of likely N-dealkylation sites (N-methyl/N-ethyl adjacent to an activating group) is 1. The molecule has 1 fully saturated rings. The lowest BCUT2D eigenvalue weighted by Crippen LogP contribution is -2.29. The van der Waals surface area contributed by atoms with Crippen molar-refractivity contribution in [2.75, 3.05) is 50.9 Å². The predicted molar refractivity (Wildman–Crippen MR) is 81.4 cm³/mol. The molecular formula is C13H22N4O2S. The van der Waals surface area contributed by atoms with Crippen LogP contribution >= 0.6 is 0 Å². The summed E-state index contributed by atoms with van der Waals surface area (Å²) in [4.78, 5) is 4.71. The summed E-state index contributed by atoms with van der Waals surface area (Å²) in [5.41, 5.74) is 7.46. The van der Waals surface area contributed by atoms with Crippen LogP contribution in [0.5, 0.6) is 0 Å². The average Bonchev–Trinajstić information content (AvgIpc) is 2.63. The van der Waals surface area contributed by atoms with Crippen LogP contribution in [0.4, 0.5) is 11.4 Å². The third kappa shape index (κ3) is 3.23. The maximum Gasteiger partial charge on any atom is 0.240 e. The van der Waals surface area contributed by atoms with E-state index in [0.717, 1.165) is 38.3 Å². The fourth-order valence-corrected chi connectivity index (χ4v) is 3.16. The van der Waals surface area contributed by atoms with Crippen LogP contribution < -0.4 is 15.4 Å². The van der Waals surface area contributed by atoms with Gasteiger partial charge in [-0.25, -0.2) is 13.1 Å². The minimum atomic E-state index is -3.44. The zero-order valence-corrected chi connectivity index (χ0v) is 12.8. The lowest BCUT2D eigenvalue weighted by Gasteiger charge is -2.24. The fraction of sp³-hybridized carbons (Fsp3) is 0.538. The standard InChI is InChI=1S/C13H22N4O2S/c1-15-20(18,19)11-4-5-13(12(14)10-11)17-7-3-6-16(2)8-9-17/h4-5,10,15H,3,6-9,14H2,1-2H3. The van der Waals surface area contributed by atoms with Gasteiger partial charge in [0.2, 0.25) is 10.0 Å². The summed E-state index contributed by atoms with van der Waals surface area (Å²) >= 11 is 0. The number of benzene rings is 1. The van der Waals surface area contributed by atoms with Gasteiger partial charge < -0.3 is 15.5 Å². The summed E-state index contributed by atoms with van der Waals surface area (Å²) in [5.74, 6) is 0. The van der Waals surface area contributed by atoms with E-state index in [-0.39, 0.29) is 4.90 Å². The first-order chi connectivity index (χ1) is 9.44. The van der Waals surface area contributed by atoms with Gasteiger partial charge in [0.25, 0.3) is 0 Å². The van der Waals surface area contributed by atoms with Crippen LogP contribution in [-0.2, 0) is 10.0 Å². The van der Waals surface area contributed by atoms with Crippen LogP contribution in [0, 0.1) is 0 Å². The number of nitrogens with two attached hydrogens (primary N) is 1. The van der Waals surface area contributed by atoms with E-state index in [1.165, 1.54) is 13.1 Å². The topological polar surface area (TPSA) is 78.7 Å². The van der Waals surface area contributed by atoms with E-state index in [4.69, 9.17) is 5.73 Å². The van der Waals surface area contributed by atoms with Gasteiger partial charge in [-0.1, -0.05) is 0 Å². The SMILES string of the molecule is CNS(=O)(=O)c1ccc(N2CCCN(C)CC2)c(N)c1. The fourth-order valence-electron chi connectivity index (χ4n) is 2.39. The van der Waals surface area contributed by atoms with Gasteiger partial charge in [-0.15, -0.1) is 0 Å². The number of hydrogen-bond donors (Lipinski definition) is 2. The number of nitrogens with zero attached hydrogens (tertiary/aromatic N) is 2. The van der Waals surface area contributed by atoms with Crippen LogP contribution in [-0.4, -0.2) is 53.6 Å². The molecule has 1 aromatic rings. The second-order valence-corrected chi connectivity index (χ2v) is 6.96. The lowest BCUT2D eigenvalue weighted by atomic mass is 10.2. The minimum Gasteiger partial charge on any atom is -0.397 e. The summed E-state index contributed by atoms with van der Waals surface area (Å²) in [6.07, 6.45) is 1.08. The van der Waals surface area contributed by atoms with Crippen molar-refractivity contribution >= 4 is 21.4 Å². The van der Waals surface area contributed by atoms with Gasteiger partial charge in [0.1, 0.15) is 0 Å². The highest BCUT2D eigenvalue weighted by molar-refractivity contribution is 7.89. The van der Waals surface area contributed by atoms with Gasteiger partial charge in [-0.3, -0.25) is 0 Å². The minimum absolute atomic E-state index is 0.202. The van der Waals surface area contributed by atoms with Crippen molar-refractivity contribution in [1.82, 2.24) is 9.62 Å². The molecule has 6 nitrogen and oxygen atoms in total. The van der Waals surface area contributed by atoms with Crippen molar-refractivity contribution in [2.45, 2.75) is 11.3 Å². The van der Waals surface area contributed by atoms with Crippen LogP contribution in [0.15, 0.2) is 23.1 Å². The van der Waals surface area contributed by atoms with E-state index in [2.05, 4.69) is 21.6 Å². The highest BCUT2D eigenvalue weighted by Gasteiger charge is 2.17. The van der Waals surface area contributed by atoms with Crippen molar-refractivity contribution in [1.29, 1.82) is 0 Å². The number of rotatable bonds is 3.